The Bertz CT molecular complexity index is 730. The maximum atomic E-state index is 13.0. The minimum atomic E-state index is -0.438. The van der Waals surface area contributed by atoms with Crippen LogP contribution >= 0.6 is 0 Å². The van der Waals surface area contributed by atoms with E-state index in [0.29, 0.717) is 24.9 Å². The van der Waals surface area contributed by atoms with Crippen LogP contribution in [0.3, 0.4) is 0 Å². The fraction of sp³-hybridized carbons (Fsp3) is 0.636. The molecule has 4 saturated carbocycles. The third-order valence-electron chi connectivity index (χ3n) is 6.58. The zero-order chi connectivity index (χ0) is 19.8. The predicted octanol–water partition coefficient (Wildman–Crippen LogP) is 3.09. The largest absolute Gasteiger partial charge is 0.497 e. The second-order valence-electron chi connectivity index (χ2n) is 8.86. The first kappa shape index (κ1) is 19.1. The Morgan fingerprint density at radius 2 is 1.68 bits per heavy atom. The van der Waals surface area contributed by atoms with Gasteiger partial charge in [-0.25, -0.2) is 0 Å². The highest BCUT2D eigenvalue weighted by atomic mass is 16.6. The number of methoxy groups -OCH3 is 1. The van der Waals surface area contributed by atoms with Crippen LogP contribution in [0.15, 0.2) is 24.3 Å². The summed E-state index contributed by atoms with van der Waals surface area (Å²) in [5.74, 6) is 2.39. The van der Waals surface area contributed by atoms with Gasteiger partial charge in [0.1, 0.15) is 24.7 Å². The Morgan fingerprint density at radius 1 is 1.04 bits per heavy atom. The van der Waals surface area contributed by atoms with Gasteiger partial charge in [0.25, 0.3) is 0 Å². The number of hydrogen-bond donors (Lipinski definition) is 1. The Labute approximate surface area is 165 Å². The molecule has 4 aliphatic carbocycles. The van der Waals surface area contributed by atoms with E-state index in [4.69, 9.17) is 14.2 Å². The molecule has 1 amide bonds. The number of rotatable bonds is 7. The van der Waals surface area contributed by atoms with Crippen LogP contribution in [-0.4, -0.2) is 37.7 Å². The lowest BCUT2D eigenvalue weighted by molar-refractivity contribution is -0.176. The number of esters is 1. The van der Waals surface area contributed by atoms with E-state index >= 15 is 0 Å². The van der Waals surface area contributed by atoms with Crippen LogP contribution in [0, 0.1) is 17.3 Å². The molecule has 6 heteroatoms. The minimum absolute atomic E-state index is 0.00152. The van der Waals surface area contributed by atoms with E-state index in [1.54, 1.807) is 14.0 Å². The topological polar surface area (TPSA) is 73.9 Å². The molecule has 0 spiro atoms. The Kier molecular flexibility index (Phi) is 4.98. The van der Waals surface area contributed by atoms with Crippen molar-refractivity contribution < 1.29 is 23.8 Å². The first-order chi connectivity index (χ1) is 13.4. The molecule has 28 heavy (non-hydrogen) atoms. The number of carbonyl (C=O) groups excluding carboxylic acids is 2. The van der Waals surface area contributed by atoms with Gasteiger partial charge < -0.3 is 19.5 Å². The fourth-order valence-electron chi connectivity index (χ4n) is 6.14. The number of carbonyl (C=O) groups is 2. The summed E-state index contributed by atoms with van der Waals surface area (Å²) < 4.78 is 16.4. The van der Waals surface area contributed by atoms with Crippen molar-refractivity contribution in [2.45, 2.75) is 51.0 Å². The van der Waals surface area contributed by atoms with Gasteiger partial charge in [0.2, 0.25) is 5.91 Å². The van der Waals surface area contributed by atoms with Gasteiger partial charge in [-0.1, -0.05) is 0 Å². The van der Waals surface area contributed by atoms with E-state index in [1.807, 2.05) is 24.3 Å². The van der Waals surface area contributed by atoms with E-state index < -0.39 is 5.41 Å². The molecule has 5 rings (SSSR count). The summed E-state index contributed by atoms with van der Waals surface area (Å²) in [5.41, 5.74) is -0.652. The molecule has 0 radical (unpaired) electrons. The number of nitrogens with one attached hydrogen (secondary N) is 1. The molecular formula is C22H29NO5. The lowest BCUT2D eigenvalue weighted by atomic mass is 9.47. The number of hydrogen-bond acceptors (Lipinski definition) is 5. The van der Waals surface area contributed by atoms with Gasteiger partial charge in [-0.2, -0.15) is 0 Å². The molecule has 0 aromatic heterocycles. The average molecular weight is 387 g/mol. The third-order valence-corrected chi connectivity index (χ3v) is 6.58. The first-order valence-corrected chi connectivity index (χ1v) is 10.1. The normalized spacial score (nSPS) is 32.6. The molecule has 1 aromatic rings. The highest BCUT2D eigenvalue weighted by molar-refractivity contribution is 5.79. The van der Waals surface area contributed by atoms with E-state index in [9.17, 15) is 9.59 Å². The van der Waals surface area contributed by atoms with Crippen molar-refractivity contribution in [1.29, 1.82) is 0 Å². The highest BCUT2D eigenvalue weighted by Gasteiger charge is 2.61. The van der Waals surface area contributed by atoms with Crippen LogP contribution in [0.2, 0.25) is 0 Å². The quantitative estimate of drug-likeness (QED) is 0.575. The van der Waals surface area contributed by atoms with Crippen molar-refractivity contribution in [2.24, 2.45) is 17.3 Å². The molecule has 2 atom stereocenters. The lowest BCUT2D eigenvalue weighted by Crippen LogP contribution is -2.64. The van der Waals surface area contributed by atoms with Crippen LogP contribution in [0.25, 0.3) is 0 Å². The van der Waals surface area contributed by atoms with Gasteiger partial charge in [-0.15, -0.1) is 0 Å². The third kappa shape index (κ3) is 3.69. The zero-order valence-electron chi connectivity index (χ0n) is 16.7. The molecule has 1 aromatic carbocycles. The summed E-state index contributed by atoms with van der Waals surface area (Å²) in [6.07, 6.45) is 5.67. The summed E-state index contributed by atoms with van der Waals surface area (Å²) in [6.45, 7) is 2.12. The molecule has 6 nitrogen and oxygen atoms in total. The van der Waals surface area contributed by atoms with Crippen molar-refractivity contribution in [3.8, 4) is 11.5 Å². The van der Waals surface area contributed by atoms with Crippen LogP contribution in [0.4, 0.5) is 0 Å². The Balaban J connectivity index is 1.33. The van der Waals surface area contributed by atoms with Crippen molar-refractivity contribution in [3.05, 3.63) is 24.3 Å². The summed E-state index contributed by atoms with van der Waals surface area (Å²) in [6, 6.07) is 7.32. The molecule has 0 aliphatic heterocycles. The van der Waals surface area contributed by atoms with Gasteiger partial charge in [0.05, 0.1) is 12.5 Å². The highest BCUT2D eigenvalue weighted by Crippen LogP contribution is 2.62. The maximum Gasteiger partial charge on any atom is 0.312 e. The van der Waals surface area contributed by atoms with E-state index in [1.165, 1.54) is 6.42 Å². The van der Waals surface area contributed by atoms with Crippen molar-refractivity contribution in [2.75, 3.05) is 20.3 Å². The second kappa shape index (κ2) is 7.30. The summed E-state index contributed by atoms with van der Waals surface area (Å²) in [7, 11) is 1.62. The van der Waals surface area contributed by atoms with E-state index in [-0.39, 0.29) is 24.0 Å². The Hall–Kier alpha value is -2.24. The van der Waals surface area contributed by atoms with Crippen molar-refractivity contribution in [1.82, 2.24) is 5.32 Å². The van der Waals surface area contributed by atoms with Crippen molar-refractivity contribution in [3.63, 3.8) is 0 Å². The van der Waals surface area contributed by atoms with Crippen LogP contribution < -0.4 is 14.8 Å². The standard InChI is InChI=1S/C22H29NO5/c1-15(24)23-22-12-16-9-17(13-22)11-21(10-16,14-22)20(25)28-8-7-27-19-5-3-18(26-2)4-6-19/h3-6,16-17H,7-14H2,1-2H3,(H,23,24)/t16-,17-,21?,22?/m0/s1. The molecule has 0 saturated heterocycles. The second-order valence-corrected chi connectivity index (χ2v) is 8.86. The smallest absolute Gasteiger partial charge is 0.312 e. The van der Waals surface area contributed by atoms with E-state index in [0.717, 1.165) is 37.2 Å². The molecule has 4 fully saturated rings. The van der Waals surface area contributed by atoms with Crippen molar-refractivity contribution >= 4 is 11.9 Å². The van der Waals surface area contributed by atoms with Gasteiger partial charge >= 0.3 is 5.97 Å². The van der Waals surface area contributed by atoms with Crippen LogP contribution in [-0.2, 0) is 14.3 Å². The van der Waals surface area contributed by atoms with Crippen LogP contribution in [0.1, 0.15) is 45.4 Å². The number of amides is 1. The number of ether oxygens (including phenoxy) is 3. The fourth-order valence-corrected chi connectivity index (χ4v) is 6.14. The molecule has 0 heterocycles. The monoisotopic (exact) mass is 387 g/mol. The van der Waals surface area contributed by atoms with Crippen LogP contribution in [0.5, 0.6) is 11.5 Å². The molecule has 0 unspecified atom stereocenters. The van der Waals surface area contributed by atoms with Gasteiger partial charge in [0, 0.05) is 12.5 Å². The summed E-state index contributed by atoms with van der Waals surface area (Å²) >= 11 is 0. The Morgan fingerprint density at radius 3 is 2.29 bits per heavy atom. The lowest BCUT2D eigenvalue weighted by Gasteiger charge is -2.60. The number of benzene rings is 1. The minimum Gasteiger partial charge on any atom is -0.497 e. The molecule has 4 aliphatic rings. The van der Waals surface area contributed by atoms with Gasteiger partial charge in [0.15, 0.2) is 0 Å². The first-order valence-electron chi connectivity index (χ1n) is 10.1. The van der Waals surface area contributed by atoms with E-state index in [2.05, 4.69) is 5.32 Å². The predicted molar refractivity (Wildman–Crippen MR) is 103 cm³/mol. The molecule has 4 bridgehead atoms. The SMILES string of the molecule is COc1ccc(OCCOC(=O)C23C[C@@H]4C[C@H](CC(NC(C)=O)(C4)C2)C3)cc1. The molecule has 1 N–H and O–H groups in total. The summed E-state index contributed by atoms with van der Waals surface area (Å²) in [4.78, 5) is 24.7. The maximum absolute atomic E-state index is 13.0. The molecule has 152 valence electrons. The average Bonchev–Trinajstić information content (AvgIpc) is 2.63. The summed E-state index contributed by atoms with van der Waals surface area (Å²) in [5, 5.41) is 3.18. The molecular weight excluding hydrogens is 358 g/mol. The van der Waals surface area contributed by atoms with Gasteiger partial charge in [-0.05, 0) is 74.6 Å². The van der Waals surface area contributed by atoms with Gasteiger partial charge in [-0.3, -0.25) is 9.59 Å². The zero-order valence-corrected chi connectivity index (χ0v) is 16.7.